The zero-order chi connectivity index (χ0) is 29.5. The molecule has 4 amide bonds. The molecule has 42 heavy (non-hydrogen) atoms. The lowest BCUT2D eigenvalue weighted by Gasteiger charge is -2.59. The van der Waals surface area contributed by atoms with Crippen LogP contribution in [-0.4, -0.2) is 100 Å². The van der Waals surface area contributed by atoms with Crippen LogP contribution in [0.4, 0.5) is 10.5 Å². The Morgan fingerprint density at radius 1 is 0.905 bits per heavy atom. The van der Waals surface area contributed by atoms with E-state index in [1.807, 2.05) is 29.2 Å². The quantitative estimate of drug-likeness (QED) is 0.369. The summed E-state index contributed by atoms with van der Waals surface area (Å²) in [5.74, 6) is -0.186. The monoisotopic (exact) mass is 634 g/mol. The molecule has 3 aliphatic heterocycles. The summed E-state index contributed by atoms with van der Waals surface area (Å²) in [6.07, 6.45) is -2.32. The van der Waals surface area contributed by atoms with Crippen molar-refractivity contribution in [1.29, 1.82) is 0 Å². The number of benzene rings is 3. The molecule has 0 aliphatic carbocycles. The fourth-order valence-corrected chi connectivity index (χ4v) is 6.53. The number of carbonyl (C=O) groups is 3. The molecule has 0 radical (unpaired) electrons. The molecule has 3 aliphatic rings. The summed E-state index contributed by atoms with van der Waals surface area (Å²) in [6, 6.07) is 20.6. The van der Waals surface area contributed by atoms with Crippen LogP contribution in [0.2, 0.25) is 0 Å². The first-order chi connectivity index (χ1) is 20.2. The topological polar surface area (TPSA) is 123 Å². The van der Waals surface area contributed by atoms with Crippen LogP contribution in [0.5, 0.6) is 5.75 Å². The number of imide groups is 1. The highest BCUT2D eigenvalue weighted by molar-refractivity contribution is 9.10. The third-order valence-corrected chi connectivity index (χ3v) is 9.00. The van der Waals surface area contributed by atoms with E-state index in [4.69, 9.17) is 4.74 Å². The Labute approximate surface area is 251 Å². The Morgan fingerprint density at radius 3 is 2.14 bits per heavy atom. The lowest BCUT2D eigenvalue weighted by Crippen LogP contribution is -2.72. The van der Waals surface area contributed by atoms with E-state index in [1.54, 1.807) is 55.6 Å². The number of carbonyl (C=O) groups excluding carboxylic acids is 3. The summed E-state index contributed by atoms with van der Waals surface area (Å²) < 4.78 is 6.11. The van der Waals surface area contributed by atoms with Crippen LogP contribution >= 0.6 is 15.9 Å². The molecule has 2 fully saturated rings. The number of methoxy groups -OCH3 is 1. The van der Waals surface area contributed by atoms with Crippen LogP contribution in [0.15, 0.2) is 77.3 Å². The van der Waals surface area contributed by atoms with Gasteiger partial charge in [-0.2, -0.15) is 0 Å². The third kappa shape index (κ3) is 5.17. The Morgan fingerprint density at radius 2 is 1.52 bits per heavy atom. The van der Waals surface area contributed by atoms with Crippen molar-refractivity contribution >= 4 is 39.5 Å². The average molecular weight is 636 g/mol. The molecular weight excluding hydrogens is 604 g/mol. The molecular formula is C31H31BrN4O6. The Kier molecular flexibility index (Phi) is 7.75. The molecule has 6 rings (SSSR count). The van der Waals surface area contributed by atoms with Crippen LogP contribution < -0.4 is 10.1 Å². The number of urea groups is 1. The van der Waals surface area contributed by atoms with Crippen LogP contribution in [0, 0.1) is 0 Å². The zero-order valence-corrected chi connectivity index (χ0v) is 24.5. The maximum absolute atomic E-state index is 13.4. The number of amides is 4. The molecule has 0 saturated carbocycles. The summed E-state index contributed by atoms with van der Waals surface area (Å²) in [5, 5.41) is 24.6. The fraction of sp³-hybridized carbons (Fsp3) is 0.323. The highest BCUT2D eigenvalue weighted by Gasteiger charge is 2.53. The smallest absolute Gasteiger partial charge is 0.321 e. The number of nitrogens with one attached hydrogen (secondary N) is 1. The Hall–Kier alpha value is -3.77. The van der Waals surface area contributed by atoms with Gasteiger partial charge in [0.1, 0.15) is 5.75 Å². The summed E-state index contributed by atoms with van der Waals surface area (Å²) in [6.45, 7) is 0.472. The van der Waals surface area contributed by atoms with E-state index in [1.165, 1.54) is 9.80 Å². The highest BCUT2D eigenvalue weighted by Crippen LogP contribution is 2.43. The van der Waals surface area contributed by atoms with E-state index in [0.29, 0.717) is 22.6 Å². The number of ether oxygens (including phenoxy) is 1. The summed E-state index contributed by atoms with van der Waals surface area (Å²) >= 11 is 3.49. The normalized spacial score (nSPS) is 25.7. The number of hydrogen-bond donors (Lipinski definition) is 3. The van der Waals surface area contributed by atoms with Gasteiger partial charge in [-0.1, -0.05) is 40.2 Å². The van der Waals surface area contributed by atoms with Gasteiger partial charge in [-0.25, -0.2) is 4.79 Å². The molecule has 0 spiro atoms. The molecule has 3 N–H and O–H groups in total. The van der Waals surface area contributed by atoms with Gasteiger partial charge in [0, 0.05) is 47.8 Å². The van der Waals surface area contributed by atoms with Gasteiger partial charge >= 0.3 is 6.03 Å². The molecule has 5 atom stereocenters. The van der Waals surface area contributed by atoms with Crippen molar-refractivity contribution < 1.29 is 29.3 Å². The van der Waals surface area contributed by atoms with Crippen LogP contribution in [0.25, 0.3) is 0 Å². The first-order valence-electron chi connectivity index (χ1n) is 13.8. The van der Waals surface area contributed by atoms with Gasteiger partial charge in [-0.3, -0.25) is 19.4 Å². The van der Waals surface area contributed by atoms with Gasteiger partial charge < -0.3 is 25.2 Å². The summed E-state index contributed by atoms with van der Waals surface area (Å²) in [5.41, 5.74) is 2.31. The standard InChI is InChI=1S/C31H31BrN4O6/c1-42-21-12-10-20(11-13-21)33-31(41)34-14-24-28(18-6-8-19(32)9-7-18)25(35(24)17-27(38)26(37)16-34)15-36-29(39)22-4-2-3-5-23(22)30(36)40/h2-13,24-28,37-38H,14-17H2,1H3,(H,33,41)/t24-,25+,26-,27+,28+/m0/s1. The number of aliphatic hydroxyl groups excluding tert-OH is 2. The molecule has 0 unspecified atom stereocenters. The van der Waals surface area contributed by atoms with Crippen molar-refractivity contribution in [3.8, 4) is 5.75 Å². The largest absolute Gasteiger partial charge is 0.497 e. The number of anilines is 1. The maximum Gasteiger partial charge on any atom is 0.321 e. The number of fused-ring (bicyclic) bond motifs is 2. The van der Waals surface area contributed by atoms with Gasteiger partial charge in [0.2, 0.25) is 0 Å². The second kappa shape index (κ2) is 11.5. The van der Waals surface area contributed by atoms with Crippen molar-refractivity contribution in [1.82, 2.24) is 14.7 Å². The predicted octanol–water partition coefficient (Wildman–Crippen LogP) is 3.16. The average Bonchev–Trinajstić information content (AvgIpc) is 3.23. The van der Waals surface area contributed by atoms with Crippen molar-refractivity contribution in [3.05, 3.63) is 94.0 Å². The fourth-order valence-electron chi connectivity index (χ4n) is 6.27. The predicted molar refractivity (Wildman–Crippen MR) is 159 cm³/mol. The number of rotatable bonds is 5. The van der Waals surface area contributed by atoms with E-state index in [9.17, 15) is 24.6 Å². The van der Waals surface area contributed by atoms with Crippen molar-refractivity contribution in [2.45, 2.75) is 30.2 Å². The van der Waals surface area contributed by atoms with Crippen molar-refractivity contribution in [2.75, 3.05) is 38.6 Å². The number of nitrogens with zero attached hydrogens (tertiary/aromatic N) is 3. The Bertz CT molecular complexity index is 1470. The molecule has 10 nitrogen and oxygen atoms in total. The van der Waals surface area contributed by atoms with Gasteiger partial charge in [0.05, 0.1) is 37.0 Å². The van der Waals surface area contributed by atoms with E-state index in [0.717, 1.165) is 10.0 Å². The zero-order valence-electron chi connectivity index (χ0n) is 22.9. The van der Waals surface area contributed by atoms with Gasteiger partial charge in [-0.05, 0) is 54.1 Å². The molecule has 3 heterocycles. The van der Waals surface area contributed by atoms with Crippen LogP contribution in [0.1, 0.15) is 32.2 Å². The van der Waals surface area contributed by atoms with Gasteiger partial charge in [0.15, 0.2) is 0 Å². The SMILES string of the molecule is COc1ccc(NC(=O)N2C[C@H](O)[C@H](O)CN3[C@H](CN4C(=O)c5ccccc5C4=O)[C@H](c4ccc(Br)cc4)[C@@H]3C2)cc1. The minimum absolute atomic E-state index is 0.0520. The van der Waals surface area contributed by atoms with E-state index < -0.39 is 18.2 Å². The molecule has 3 aromatic rings. The lowest BCUT2D eigenvalue weighted by molar-refractivity contribution is -0.104. The van der Waals surface area contributed by atoms with Gasteiger partial charge in [0.25, 0.3) is 11.8 Å². The summed E-state index contributed by atoms with van der Waals surface area (Å²) in [7, 11) is 1.56. The lowest BCUT2D eigenvalue weighted by atomic mass is 9.73. The highest BCUT2D eigenvalue weighted by atomic mass is 79.9. The second-order valence-corrected chi connectivity index (χ2v) is 11.8. The molecule has 11 heteroatoms. The minimum Gasteiger partial charge on any atom is -0.497 e. The number of aliphatic hydroxyl groups is 2. The Balaban J connectivity index is 1.29. The van der Waals surface area contributed by atoms with Crippen molar-refractivity contribution in [3.63, 3.8) is 0 Å². The first kappa shape index (κ1) is 28.4. The third-order valence-electron chi connectivity index (χ3n) is 8.47. The second-order valence-electron chi connectivity index (χ2n) is 10.9. The number of hydrogen-bond acceptors (Lipinski definition) is 7. The number of β-amino-alcohol motifs (C(OH)–C–C–N with tert-alkyl or cyclic N) is 1. The van der Waals surface area contributed by atoms with E-state index in [2.05, 4.69) is 21.2 Å². The van der Waals surface area contributed by atoms with Crippen molar-refractivity contribution in [2.24, 2.45) is 0 Å². The summed E-state index contributed by atoms with van der Waals surface area (Å²) in [4.78, 5) is 44.7. The molecule has 0 bridgehead atoms. The van der Waals surface area contributed by atoms with Crippen LogP contribution in [-0.2, 0) is 0 Å². The molecule has 3 aromatic carbocycles. The number of halogens is 1. The molecule has 218 valence electrons. The van der Waals surface area contributed by atoms with Gasteiger partial charge in [-0.15, -0.1) is 0 Å². The molecule has 0 aromatic heterocycles. The first-order valence-corrected chi connectivity index (χ1v) is 14.6. The maximum atomic E-state index is 13.4. The van der Waals surface area contributed by atoms with E-state index >= 15 is 0 Å². The molecule has 2 saturated heterocycles. The van der Waals surface area contributed by atoms with E-state index in [-0.39, 0.29) is 56.0 Å². The van der Waals surface area contributed by atoms with Crippen LogP contribution in [0.3, 0.4) is 0 Å². The minimum atomic E-state index is -1.18.